The molecule has 0 N–H and O–H groups in total. The van der Waals surface area contributed by atoms with Gasteiger partial charge in [-0.2, -0.15) is 0 Å². The third-order valence-corrected chi connectivity index (χ3v) is 7.25. The number of carbonyl (C=O) groups excluding carboxylic acids is 1. The van der Waals surface area contributed by atoms with E-state index in [1.807, 2.05) is 36.4 Å². The fourth-order valence-electron chi connectivity index (χ4n) is 5.11. The Bertz CT molecular complexity index is 903. The van der Waals surface area contributed by atoms with Crippen molar-refractivity contribution in [3.63, 3.8) is 0 Å². The summed E-state index contributed by atoms with van der Waals surface area (Å²) in [5.41, 5.74) is 2.76. The first kappa shape index (κ1) is 22.8. The summed E-state index contributed by atoms with van der Waals surface area (Å²) in [4.78, 5) is 12.8. The standard InChI is InChI=1S/C29H36O3/c1-20(2)24-15-14-21(3)28(18-24)31-25-16-17-27(26(19-25)22-10-6-4-7-11-22)32-29(30)23-12-8-5-9-13-23/h4-13,19-21,24-25,27-28H,14-18H2,1-3H3/t21?,24?,25-,27-,28?/m1/s1. The predicted molar refractivity (Wildman–Crippen MR) is 129 cm³/mol. The lowest BCUT2D eigenvalue weighted by atomic mass is 9.75. The summed E-state index contributed by atoms with van der Waals surface area (Å²) in [7, 11) is 0. The van der Waals surface area contributed by atoms with Crippen LogP contribution in [0.3, 0.4) is 0 Å². The molecular weight excluding hydrogens is 396 g/mol. The minimum Gasteiger partial charge on any atom is -0.454 e. The van der Waals surface area contributed by atoms with Crippen LogP contribution in [-0.2, 0) is 9.47 Å². The molecule has 2 aliphatic rings. The predicted octanol–water partition coefficient (Wildman–Crippen LogP) is 6.94. The van der Waals surface area contributed by atoms with Crippen LogP contribution < -0.4 is 0 Å². The van der Waals surface area contributed by atoms with Crippen molar-refractivity contribution in [1.29, 1.82) is 0 Å². The molecule has 3 nitrogen and oxygen atoms in total. The van der Waals surface area contributed by atoms with E-state index in [2.05, 4.69) is 39.0 Å². The van der Waals surface area contributed by atoms with Gasteiger partial charge in [-0.25, -0.2) is 4.79 Å². The van der Waals surface area contributed by atoms with Crippen LogP contribution in [0.2, 0.25) is 0 Å². The molecule has 2 aromatic carbocycles. The maximum Gasteiger partial charge on any atom is 0.338 e. The maximum atomic E-state index is 12.8. The largest absolute Gasteiger partial charge is 0.454 e. The third kappa shape index (κ3) is 5.50. The van der Waals surface area contributed by atoms with Gasteiger partial charge < -0.3 is 9.47 Å². The molecule has 0 bridgehead atoms. The van der Waals surface area contributed by atoms with Crippen LogP contribution in [0.25, 0.3) is 5.57 Å². The molecule has 0 amide bonds. The minimum absolute atomic E-state index is 0.0650. The number of esters is 1. The molecule has 0 aliphatic heterocycles. The zero-order valence-electron chi connectivity index (χ0n) is 19.6. The summed E-state index contributed by atoms with van der Waals surface area (Å²) in [6.07, 6.45) is 7.69. The van der Waals surface area contributed by atoms with Gasteiger partial charge in [0.1, 0.15) is 6.10 Å². The Hall–Kier alpha value is -2.39. The molecule has 5 atom stereocenters. The highest BCUT2D eigenvalue weighted by atomic mass is 16.5. The Morgan fingerprint density at radius 3 is 2.28 bits per heavy atom. The highest BCUT2D eigenvalue weighted by molar-refractivity contribution is 5.90. The van der Waals surface area contributed by atoms with Crippen LogP contribution >= 0.6 is 0 Å². The summed E-state index contributed by atoms with van der Waals surface area (Å²) in [5, 5.41) is 0. The Kier molecular flexibility index (Phi) is 7.47. The Morgan fingerprint density at radius 1 is 0.906 bits per heavy atom. The molecule has 0 heterocycles. The van der Waals surface area contributed by atoms with Gasteiger partial charge in [0.05, 0.1) is 17.8 Å². The zero-order valence-corrected chi connectivity index (χ0v) is 19.6. The second kappa shape index (κ2) is 10.5. The molecule has 170 valence electrons. The highest BCUT2D eigenvalue weighted by Gasteiger charge is 2.34. The van der Waals surface area contributed by atoms with Gasteiger partial charge in [0.25, 0.3) is 0 Å². The van der Waals surface area contributed by atoms with E-state index in [9.17, 15) is 4.79 Å². The zero-order chi connectivity index (χ0) is 22.5. The first-order valence-corrected chi connectivity index (χ1v) is 12.2. The van der Waals surface area contributed by atoms with Gasteiger partial charge in [-0.15, -0.1) is 0 Å². The van der Waals surface area contributed by atoms with Crippen molar-refractivity contribution in [3.8, 4) is 0 Å². The molecule has 2 aromatic rings. The van der Waals surface area contributed by atoms with Crippen molar-refractivity contribution in [2.75, 3.05) is 0 Å². The van der Waals surface area contributed by atoms with E-state index in [1.54, 1.807) is 12.1 Å². The van der Waals surface area contributed by atoms with Crippen LogP contribution in [0, 0.1) is 17.8 Å². The van der Waals surface area contributed by atoms with Crippen LogP contribution in [0.5, 0.6) is 0 Å². The van der Waals surface area contributed by atoms with E-state index < -0.39 is 0 Å². The molecule has 3 unspecified atom stereocenters. The first-order chi connectivity index (χ1) is 15.5. The second-order valence-electron chi connectivity index (χ2n) is 9.83. The van der Waals surface area contributed by atoms with E-state index >= 15 is 0 Å². The van der Waals surface area contributed by atoms with Crippen molar-refractivity contribution >= 4 is 11.5 Å². The van der Waals surface area contributed by atoms with Gasteiger partial charge in [0, 0.05) is 0 Å². The molecule has 4 rings (SSSR count). The molecule has 0 saturated heterocycles. The second-order valence-corrected chi connectivity index (χ2v) is 9.83. The van der Waals surface area contributed by atoms with Crippen molar-refractivity contribution in [1.82, 2.24) is 0 Å². The smallest absolute Gasteiger partial charge is 0.338 e. The fraction of sp³-hybridized carbons (Fsp3) is 0.483. The molecule has 2 aliphatic carbocycles. The summed E-state index contributed by atoms with van der Waals surface area (Å²) in [6.45, 7) is 6.99. The monoisotopic (exact) mass is 432 g/mol. The molecule has 0 aromatic heterocycles. The molecule has 1 saturated carbocycles. The average Bonchev–Trinajstić information content (AvgIpc) is 2.82. The average molecular weight is 433 g/mol. The fourth-order valence-corrected chi connectivity index (χ4v) is 5.11. The lowest BCUT2D eigenvalue weighted by Crippen LogP contribution is -2.36. The number of rotatable bonds is 6. The van der Waals surface area contributed by atoms with Gasteiger partial charge in [-0.3, -0.25) is 0 Å². The summed E-state index contributed by atoms with van der Waals surface area (Å²) >= 11 is 0. The van der Waals surface area contributed by atoms with Crippen LogP contribution in [0.1, 0.15) is 68.8 Å². The van der Waals surface area contributed by atoms with E-state index in [0.29, 0.717) is 23.5 Å². The van der Waals surface area contributed by atoms with Gasteiger partial charge in [-0.05, 0) is 79.2 Å². The molecule has 0 spiro atoms. The summed E-state index contributed by atoms with van der Waals surface area (Å²) < 4.78 is 12.7. The molecule has 1 fully saturated rings. The van der Waals surface area contributed by atoms with Crippen LogP contribution in [0.4, 0.5) is 0 Å². The van der Waals surface area contributed by atoms with Crippen molar-refractivity contribution in [2.45, 2.75) is 71.2 Å². The quantitative estimate of drug-likeness (QED) is 0.464. The molecule has 32 heavy (non-hydrogen) atoms. The van der Waals surface area contributed by atoms with Gasteiger partial charge in [0.15, 0.2) is 0 Å². The topological polar surface area (TPSA) is 35.5 Å². The van der Waals surface area contributed by atoms with Crippen LogP contribution in [-0.4, -0.2) is 24.3 Å². The van der Waals surface area contributed by atoms with Crippen LogP contribution in [0.15, 0.2) is 66.7 Å². The molecule has 3 heteroatoms. The summed E-state index contributed by atoms with van der Waals surface area (Å²) in [5.74, 6) is 1.78. The van der Waals surface area contributed by atoms with Gasteiger partial charge >= 0.3 is 5.97 Å². The lowest BCUT2D eigenvalue weighted by Gasteiger charge is -2.39. The Balaban J connectivity index is 1.52. The first-order valence-electron chi connectivity index (χ1n) is 12.2. The van der Waals surface area contributed by atoms with E-state index in [-0.39, 0.29) is 18.2 Å². The Morgan fingerprint density at radius 2 is 1.59 bits per heavy atom. The number of carbonyl (C=O) groups is 1. The summed E-state index contributed by atoms with van der Waals surface area (Å²) in [6, 6.07) is 19.5. The highest BCUT2D eigenvalue weighted by Crippen LogP contribution is 2.38. The third-order valence-electron chi connectivity index (χ3n) is 7.25. The number of hydrogen-bond acceptors (Lipinski definition) is 3. The van der Waals surface area contributed by atoms with Crippen molar-refractivity contribution in [2.24, 2.45) is 17.8 Å². The number of hydrogen-bond donors (Lipinski definition) is 0. The molecule has 0 radical (unpaired) electrons. The van der Waals surface area contributed by atoms with Crippen molar-refractivity contribution in [3.05, 3.63) is 77.9 Å². The number of ether oxygens (including phenoxy) is 2. The normalized spacial score (nSPS) is 28.2. The van der Waals surface area contributed by atoms with Gasteiger partial charge in [0.2, 0.25) is 0 Å². The van der Waals surface area contributed by atoms with Crippen molar-refractivity contribution < 1.29 is 14.3 Å². The number of benzene rings is 2. The maximum absolute atomic E-state index is 12.8. The Labute approximate surface area is 192 Å². The van der Waals surface area contributed by atoms with E-state index in [0.717, 1.165) is 36.3 Å². The lowest BCUT2D eigenvalue weighted by molar-refractivity contribution is -0.0610. The van der Waals surface area contributed by atoms with Gasteiger partial charge in [-0.1, -0.05) is 69.3 Å². The van der Waals surface area contributed by atoms with E-state index in [1.165, 1.54) is 12.8 Å². The molecular formula is C29H36O3. The minimum atomic E-state index is -0.266. The van der Waals surface area contributed by atoms with E-state index in [4.69, 9.17) is 9.47 Å². The SMILES string of the molecule is CC(C)C1CCC(C)C(O[C@H]2C=C(c3ccccc3)[C@H](OC(=O)c3ccccc3)CC2)C1.